The summed E-state index contributed by atoms with van der Waals surface area (Å²) in [7, 11) is 1.23. The van der Waals surface area contributed by atoms with Crippen molar-refractivity contribution >= 4 is 23.8 Å². The highest BCUT2D eigenvalue weighted by atomic mass is 16.5. The lowest BCUT2D eigenvalue weighted by Gasteiger charge is -2.33. The predicted molar refractivity (Wildman–Crippen MR) is 81.4 cm³/mol. The van der Waals surface area contributed by atoms with Gasteiger partial charge in [0.2, 0.25) is 11.8 Å². The molecule has 1 fully saturated rings. The predicted octanol–water partition coefficient (Wildman–Crippen LogP) is -1.03. The normalized spacial score (nSPS) is 18.8. The molecule has 0 bridgehead atoms. The number of ether oxygens (including phenoxy) is 1. The van der Waals surface area contributed by atoms with Crippen molar-refractivity contribution in [1.82, 2.24) is 20.9 Å². The number of piperazine rings is 1. The number of amides is 4. The number of rotatable bonds is 4. The van der Waals surface area contributed by atoms with E-state index in [0.717, 1.165) is 0 Å². The minimum absolute atomic E-state index is 0.149. The standard InChI is InChI=1S/C14H24N4O5/c1-14(2,3)17-13(22)16-10(19)8-18-6-5-15-12(21)9(18)7-11(20)23-4/h9H,5-8H2,1-4H3,(H,15,21)(H2,16,17,19,22)/t9-/m0/s1. The van der Waals surface area contributed by atoms with Gasteiger partial charge in [0.1, 0.15) is 6.04 Å². The lowest BCUT2D eigenvalue weighted by molar-refractivity contribution is -0.146. The number of nitrogens with zero attached hydrogens (tertiary/aromatic N) is 1. The van der Waals surface area contributed by atoms with E-state index in [0.29, 0.717) is 13.1 Å². The van der Waals surface area contributed by atoms with E-state index >= 15 is 0 Å². The number of methoxy groups -OCH3 is 1. The van der Waals surface area contributed by atoms with Crippen LogP contribution in [0.4, 0.5) is 4.79 Å². The van der Waals surface area contributed by atoms with Gasteiger partial charge in [-0.25, -0.2) is 4.79 Å². The zero-order chi connectivity index (χ0) is 17.6. The Morgan fingerprint density at radius 3 is 2.57 bits per heavy atom. The van der Waals surface area contributed by atoms with Crippen molar-refractivity contribution < 1.29 is 23.9 Å². The third kappa shape index (κ3) is 6.64. The Hall–Kier alpha value is -2.16. The lowest BCUT2D eigenvalue weighted by atomic mass is 10.1. The minimum atomic E-state index is -0.785. The molecule has 0 aromatic carbocycles. The maximum Gasteiger partial charge on any atom is 0.321 e. The van der Waals surface area contributed by atoms with Crippen molar-refractivity contribution in [2.45, 2.75) is 38.8 Å². The number of esters is 1. The molecular weight excluding hydrogens is 304 g/mol. The Labute approximate surface area is 135 Å². The first kappa shape index (κ1) is 18.9. The van der Waals surface area contributed by atoms with Crippen LogP contribution in [0.3, 0.4) is 0 Å². The molecule has 0 aromatic rings. The van der Waals surface area contributed by atoms with Crippen molar-refractivity contribution in [3.8, 4) is 0 Å². The Morgan fingerprint density at radius 2 is 2.00 bits per heavy atom. The second kappa shape index (κ2) is 7.91. The van der Waals surface area contributed by atoms with Crippen LogP contribution in [0.1, 0.15) is 27.2 Å². The summed E-state index contributed by atoms with van der Waals surface area (Å²) >= 11 is 0. The van der Waals surface area contributed by atoms with E-state index in [2.05, 4.69) is 20.7 Å². The fourth-order valence-electron chi connectivity index (χ4n) is 2.14. The molecule has 0 aromatic heterocycles. The molecule has 4 amide bonds. The van der Waals surface area contributed by atoms with Crippen LogP contribution in [0.15, 0.2) is 0 Å². The fraction of sp³-hybridized carbons (Fsp3) is 0.714. The molecule has 1 atom stereocenters. The highest BCUT2D eigenvalue weighted by Crippen LogP contribution is 2.09. The molecule has 0 unspecified atom stereocenters. The van der Waals surface area contributed by atoms with Crippen LogP contribution in [0.5, 0.6) is 0 Å². The summed E-state index contributed by atoms with van der Waals surface area (Å²) < 4.78 is 4.56. The van der Waals surface area contributed by atoms with Gasteiger partial charge in [-0.15, -0.1) is 0 Å². The number of imide groups is 1. The zero-order valence-electron chi connectivity index (χ0n) is 13.9. The largest absolute Gasteiger partial charge is 0.469 e. The average molecular weight is 328 g/mol. The maximum absolute atomic E-state index is 12.0. The molecule has 0 saturated carbocycles. The highest BCUT2D eigenvalue weighted by Gasteiger charge is 2.33. The number of hydrogen-bond donors (Lipinski definition) is 3. The number of nitrogens with one attached hydrogen (secondary N) is 3. The van der Waals surface area contributed by atoms with Gasteiger partial charge in [0.05, 0.1) is 20.1 Å². The Kier molecular flexibility index (Phi) is 6.49. The van der Waals surface area contributed by atoms with Crippen LogP contribution in [0.2, 0.25) is 0 Å². The van der Waals surface area contributed by atoms with E-state index in [9.17, 15) is 19.2 Å². The smallest absolute Gasteiger partial charge is 0.321 e. The molecule has 0 radical (unpaired) electrons. The van der Waals surface area contributed by atoms with Crippen molar-refractivity contribution in [2.75, 3.05) is 26.7 Å². The van der Waals surface area contributed by atoms with Gasteiger partial charge >= 0.3 is 12.0 Å². The summed E-state index contributed by atoms with van der Waals surface area (Å²) in [5.74, 6) is -1.42. The van der Waals surface area contributed by atoms with Gasteiger partial charge in [-0.3, -0.25) is 24.6 Å². The molecule has 1 heterocycles. The first-order valence-electron chi connectivity index (χ1n) is 7.33. The average Bonchev–Trinajstić information content (AvgIpc) is 2.39. The zero-order valence-corrected chi connectivity index (χ0v) is 13.9. The Balaban J connectivity index is 2.61. The molecule has 9 nitrogen and oxygen atoms in total. The summed E-state index contributed by atoms with van der Waals surface area (Å²) in [6.45, 7) is 5.99. The summed E-state index contributed by atoms with van der Waals surface area (Å²) in [4.78, 5) is 48.4. The van der Waals surface area contributed by atoms with Crippen molar-refractivity contribution in [3.63, 3.8) is 0 Å². The molecule has 9 heteroatoms. The van der Waals surface area contributed by atoms with Crippen LogP contribution < -0.4 is 16.0 Å². The first-order chi connectivity index (χ1) is 10.6. The van der Waals surface area contributed by atoms with Crippen LogP contribution in [0.25, 0.3) is 0 Å². The second-order valence-corrected chi connectivity index (χ2v) is 6.31. The molecule has 1 aliphatic heterocycles. The van der Waals surface area contributed by atoms with Crippen molar-refractivity contribution in [3.05, 3.63) is 0 Å². The van der Waals surface area contributed by atoms with E-state index < -0.39 is 29.5 Å². The lowest BCUT2D eigenvalue weighted by Crippen LogP contribution is -2.59. The topological polar surface area (TPSA) is 117 Å². The number of carbonyl (C=O) groups is 4. The number of urea groups is 1. The summed E-state index contributed by atoms with van der Waals surface area (Å²) in [6.07, 6.45) is -0.149. The van der Waals surface area contributed by atoms with Crippen LogP contribution in [0, 0.1) is 0 Å². The van der Waals surface area contributed by atoms with E-state index in [4.69, 9.17) is 0 Å². The Morgan fingerprint density at radius 1 is 1.35 bits per heavy atom. The molecule has 1 aliphatic rings. The molecule has 130 valence electrons. The summed E-state index contributed by atoms with van der Waals surface area (Å²) in [5.41, 5.74) is -0.469. The monoisotopic (exact) mass is 328 g/mol. The van der Waals surface area contributed by atoms with Gasteiger partial charge in [-0.1, -0.05) is 0 Å². The maximum atomic E-state index is 12.0. The van der Waals surface area contributed by atoms with Crippen molar-refractivity contribution in [1.29, 1.82) is 0 Å². The second-order valence-electron chi connectivity index (χ2n) is 6.31. The van der Waals surface area contributed by atoms with E-state index in [1.807, 2.05) is 0 Å². The van der Waals surface area contributed by atoms with Gasteiger partial charge in [0, 0.05) is 18.6 Å². The van der Waals surface area contributed by atoms with Gasteiger partial charge in [0.15, 0.2) is 0 Å². The first-order valence-corrected chi connectivity index (χ1v) is 7.33. The van der Waals surface area contributed by atoms with Gasteiger partial charge in [-0.05, 0) is 20.8 Å². The molecule has 1 saturated heterocycles. The highest BCUT2D eigenvalue weighted by molar-refractivity contribution is 5.96. The molecule has 0 aliphatic carbocycles. The van der Waals surface area contributed by atoms with E-state index in [1.54, 1.807) is 25.7 Å². The molecule has 23 heavy (non-hydrogen) atoms. The minimum Gasteiger partial charge on any atom is -0.469 e. The summed E-state index contributed by atoms with van der Waals surface area (Å²) in [5, 5.41) is 7.45. The van der Waals surface area contributed by atoms with Crippen LogP contribution in [-0.4, -0.2) is 67.0 Å². The van der Waals surface area contributed by atoms with Crippen molar-refractivity contribution in [2.24, 2.45) is 0 Å². The molecule has 0 spiro atoms. The SMILES string of the molecule is COC(=O)C[C@H]1C(=O)NCCN1CC(=O)NC(=O)NC(C)(C)C. The molecular formula is C14H24N4O5. The van der Waals surface area contributed by atoms with Gasteiger partial charge in [0.25, 0.3) is 0 Å². The Bertz CT molecular complexity index is 486. The van der Waals surface area contributed by atoms with Gasteiger partial charge < -0.3 is 15.4 Å². The molecule has 3 N–H and O–H groups in total. The third-order valence-corrected chi connectivity index (χ3v) is 3.12. The molecule has 1 rings (SSSR count). The number of hydrogen-bond acceptors (Lipinski definition) is 6. The number of carbonyl (C=O) groups excluding carboxylic acids is 4. The fourth-order valence-corrected chi connectivity index (χ4v) is 2.14. The third-order valence-electron chi connectivity index (χ3n) is 3.12. The van der Waals surface area contributed by atoms with Crippen LogP contribution >= 0.6 is 0 Å². The summed E-state index contributed by atoms with van der Waals surface area (Å²) in [6, 6.07) is -1.39. The van der Waals surface area contributed by atoms with Crippen LogP contribution in [-0.2, 0) is 19.1 Å². The van der Waals surface area contributed by atoms with E-state index in [-0.39, 0.29) is 18.9 Å². The van der Waals surface area contributed by atoms with E-state index in [1.165, 1.54) is 7.11 Å². The van der Waals surface area contributed by atoms with Gasteiger partial charge in [-0.2, -0.15) is 0 Å². The quantitative estimate of drug-likeness (QED) is 0.568.